The molecule has 0 aromatic heterocycles. The molecule has 5 nitrogen and oxygen atoms in total. The van der Waals surface area contributed by atoms with E-state index in [4.69, 9.17) is 14.7 Å². The van der Waals surface area contributed by atoms with E-state index in [9.17, 15) is 4.79 Å². The Morgan fingerprint density at radius 3 is 2.53 bits per heavy atom. The molecule has 1 aliphatic heterocycles. The Hall–Kier alpha value is -1.07. The van der Waals surface area contributed by atoms with E-state index in [-0.39, 0.29) is 17.7 Å². The summed E-state index contributed by atoms with van der Waals surface area (Å²) in [7, 11) is 0.930. The molecule has 0 unspecified atom stereocenters. The van der Waals surface area contributed by atoms with Crippen LogP contribution < -0.4 is 0 Å². The van der Waals surface area contributed by atoms with E-state index in [2.05, 4.69) is 0 Å². The van der Waals surface area contributed by atoms with Crippen molar-refractivity contribution in [3.63, 3.8) is 0 Å². The first kappa shape index (κ1) is 14.0. The van der Waals surface area contributed by atoms with E-state index < -0.39 is 5.60 Å². The third kappa shape index (κ3) is 3.72. The number of rotatable bonds is 2. The van der Waals surface area contributed by atoms with Gasteiger partial charge in [-0.1, -0.05) is 0 Å². The first-order chi connectivity index (χ1) is 7.65. The monoisotopic (exact) mass is 240 g/mol. The molecule has 17 heavy (non-hydrogen) atoms. The Bertz CT molecular complexity index is 312. The molecule has 0 aromatic carbocycles. The van der Waals surface area contributed by atoms with E-state index in [1.807, 2.05) is 34.6 Å². The van der Waals surface area contributed by atoms with Gasteiger partial charge in [0.25, 0.3) is 0 Å². The summed E-state index contributed by atoms with van der Waals surface area (Å²) in [6.45, 7) is 9.96. The minimum atomic E-state index is -0.492. The van der Waals surface area contributed by atoms with E-state index in [0.717, 1.165) is 7.27 Å². The second-order valence-electron chi connectivity index (χ2n) is 5.98. The first-order valence-electron chi connectivity index (χ1n) is 5.81. The molecule has 0 aromatic rings. The molecule has 1 heterocycles. The van der Waals surface area contributed by atoms with Crippen molar-refractivity contribution in [3.8, 4) is 0 Å². The summed E-state index contributed by atoms with van der Waals surface area (Å²) in [6, 6.07) is 0. The molecule has 0 aliphatic carbocycles. The van der Waals surface area contributed by atoms with Crippen molar-refractivity contribution in [2.75, 3.05) is 6.54 Å². The average Bonchev–Trinajstić information content (AvgIpc) is 2.38. The molecule has 0 spiro atoms. The predicted molar refractivity (Wildman–Crippen MR) is 65.0 cm³/mol. The Kier molecular flexibility index (Phi) is 3.84. The second-order valence-corrected chi connectivity index (χ2v) is 5.98. The van der Waals surface area contributed by atoms with Crippen LogP contribution >= 0.6 is 0 Å². The van der Waals surface area contributed by atoms with Gasteiger partial charge in [-0.3, -0.25) is 0 Å². The number of likely N-dealkylation sites (tertiary alicyclic amines) is 1. The Labute approximate surface area is 103 Å². The van der Waals surface area contributed by atoms with Crippen LogP contribution in [0.2, 0.25) is 0 Å². The first-order valence-corrected chi connectivity index (χ1v) is 5.81. The van der Waals surface area contributed by atoms with Crippen molar-refractivity contribution in [1.29, 1.82) is 5.31 Å². The third-order valence-corrected chi connectivity index (χ3v) is 2.72. The molecule has 96 valence electrons. The maximum absolute atomic E-state index is 12.0. The standard InChI is InChI=1S/C11H21BN2O3/c1-10(2,3)16-9(15)14-7-8(17-12-13)6-11(14,4)5/h8,13H,6-7H2,1-5H3/t8-/m0/s1. The number of nitrogens with zero attached hydrogens (tertiary/aromatic N) is 1. The van der Waals surface area contributed by atoms with Crippen LogP contribution in [0.1, 0.15) is 41.0 Å². The average molecular weight is 240 g/mol. The van der Waals surface area contributed by atoms with Crippen LogP contribution in [-0.4, -0.2) is 42.1 Å². The zero-order chi connectivity index (χ0) is 13.3. The molecule has 6 heteroatoms. The summed E-state index contributed by atoms with van der Waals surface area (Å²) < 4.78 is 10.5. The van der Waals surface area contributed by atoms with Gasteiger partial charge >= 0.3 is 103 Å². The molecule has 1 atom stereocenters. The molecular weight excluding hydrogens is 219 g/mol. The fourth-order valence-electron chi connectivity index (χ4n) is 2.01. The molecule has 1 rings (SSSR count). The van der Waals surface area contributed by atoms with E-state index >= 15 is 0 Å². The zero-order valence-electron chi connectivity index (χ0n) is 11.2. The normalized spacial score (nSPS) is 23.1. The molecule has 1 saturated heterocycles. The SMILES string of the molecule is CC(C)(C)OC(=O)N1C[C@@H](OB=N)CC1(C)C. The van der Waals surface area contributed by atoms with Gasteiger partial charge in [-0.15, -0.1) is 0 Å². The van der Waals surface area contributed by atoms with Gasteiger partial charge in [-0.2, -0.15) is 0 Å². The number of hydrogen-bond donors (Lipinski definition) is 1. The van der Waals surface area contributed by atoms with Crippen molar-refractivity contribution >= 4 is 13.4 Å². The molecule has 0 radical (unpaired) electrons. The Balaban J connectivity index is 2.70. The number of nitrogens with one attached hydrogen (secondary N) is 1. The van der Waals surface area contributed by atoms with Crippen LogP contribution in [0.25, 0.3) is 0 Å². The van der Waals surface area contributed by atoms with Gasteiger partial charge in [0.1, 0.15) is 0 Å². The Morgan fingerprint density at radius 1 is 1.47 bits per heavy atom. The fourth-order valence-corrected chi connectivity index (χ4v) is 2.01. The predicted octanol–water partition coefficient (Wildman–Crippen LogP) is 2.17. The summed E-state index contributed by atoms with van der Waals surface area (Å²) in [4.78, 5) is 13.7. The van der Waals surface area contributed by atoms with Gasteiger partial charge in [0.05, 0.1) is 0 Å². The summed E-state index contributed by atoms with van der Waals surface area (Å²) in [5, 5.41) is 6.93. The van der Waals surface area contributed by atoms with Crippen LogP contribution in [0.15, 0.2) is 0 Å². The van der Waals surface area contributed by atoms with E-state index in [1.54, 1.807) is 4.90 Å². The van der Waals surface area contributed by atoms with Gasteiger partial charge < -0.3 is 0 Å². The van der Waals surface area contributed by atoms with Crippen LogP contribution in [0.4, 0.5) is 4.79 Å². The molecule has 0 bridgehead atoms. The summed E-state index contributed by atoms with van der Waals surface area (Å²) in [5.74, 6) is 0. The van der Waals surface area contributed by atoms with Gasteiger partial charge in [0.2, 0.25) is 0 Å². The van der Waals surface area contributed by atoms with Crippen molar-refractivity contribution < 1.29 is 14.2 Å². The zero-order valence-corrected chi connectivity index (χ0v) is 11.2. The number of amides is 1. The van der Waals surface area contributed by atoms with Gasteiger partial charge in [0, 0.05) is 0 Å². The molecular formula is C11H21BN2O3. The van der Waals surface area contributed by atoms with Crippen molar-refractivity contribution in [2.45, 2.75) is 58.3 Å². The van der Waals surface area contributed by atoms with Crippen molar-refractivity contribution in [3.05, 3.63) is 0 Å². The summed E-state index contributed by atoms with van der Waals surface area (Å²) >= 11 is 0. The number of ether oxygens (including phenoxy) is 1. The third-order valence-electron chi connectivity index (χ3n) is 2.72. The van der Waals surface area contributed by atoms with Crippen LogP contribution in [0.3, 0.4) is 0 Å². The van der Waals surface area contributed by atoms with Gasteiger partial charge in [-0.25, -0.2) is 0 Å². The van der Waals surface area contributed by atoms with E-state index in [1.165, 1.54) is 0 Å². The van der Waals surface area contributed by atoms with Crippen LogP contribution in [0, 0.1) is 5.31 Å². The van der Waals surface area contributed by atoms with E-state index in [0.29, 0.717) is 13.0 Å². The number of carbonyl (C=O) groups is 1. The topological polar surface area (TPSA) is 62.6 Å². The van der Waals surface area contributed by atoms with Crippen LogP contribution in [0.5, 0.6) is 0 Å². The quantitative estimate of drug-likeness (QED) is 0.752. The second kappa shape index (κ2) is 4.66. The maximum atomic E-state index is 12.0. The fraction of sp³-hybridized carbons (Fsp3) is 0.909. The molecule has 1 N–H and O–H groups in total. The molecule has 1 aliphatic rings. The molecule has 1 fully saturated rings. The van der Waals surface area contributed by atoms with Crippen molar-refractivity contribution in [2.24, 2.45) is 0 Å². The van der Waals surface area contributed by atoms with Gasteiger partial charge in [-0.05, 0) is 0 Å². The minimum absolute atomic E-state index is 0.116. The van der Waals surface area contributed by atoms with Gasteiger partial charge in [0.15, 0.2) is 0 Å². The van der Waals surface area contributed by atoms with Crippen LogP contribution in [-0.2, 0) is 9.39 Å². The number of hydrogen-bond acceptors (Lipinski definition) is 4. The summed E-state index contributed by atoms with van der Waals surface area (Å²) in [6.07, 6.45) is 0.273. The molecule has 1 amide bonds. The van der Waals surface area contributed by atoms with Crippen molar-refractivity contribution in [1.82, 2.24) is 4.90 Å². The number of carbonyl (C=O) groups excluding carboxylic acids is 1. The Morgan fingerprint density at radius 2 is 2.06 bits per heavy atom. The summed E-state index contributed by atoms with van der Waals surface area (Å²) in [5.41, 5.74) is -0.788. The molecule has 0 saturated carbocycles.